The van der Waals surface area contributed by atoms with Crippen LogP contribution in [0.3, 0.4) is 0 Å². The molecule has 8 nitrogen and oxygen atoms in total. The molecule has 1 N–H and O–H groups in total. The lowest BCUT2D eigenvalue weighted by Crippen LogP contribution is -2.32. The summed E-state index contributed by atoms with van der Waals surface area (Å²) in [6, 6.07) is 4.69. The molecule has 24 heavy (non-hydrogen) atoms. The molecule has 0 aliphatic carbocycles. The van der Waals surface area contributed by atoms with Gasteiger partial charge in [-0.25, -0.2) is 27.6 Å². The first kappa shape index (κ1) is 16.3. The maximum absolute atomic E-state index is 12.3. The van der Waals surface area contributed by atoms with Crippen LogP contribution < -0.4 is 4.72 Å². The van der Waals surface area contributed by atoms with Crippen LogP contribution in [0, 0.1) is 6.92 Å². The van der Waals surface area contributed by atoms with Gasteiger partial charge in [0.25, 0.3) is 5.91 Å². The van der Waals surface area contributed by atoms with E-state index >= 15 is 0 Å². The number of pyridine rings is 1. The summed E-state index contributed by atoms with van der Waals surface area (Å²) in [6.45, 7) is 1.66. The SMILES string of the molecule is Cc1c(C(=O)NS(=O)(=O)Cc2ccc(Cl)nc2)cnc2ccnn12. The monoisotopic (exact) mass is 365 g/mol. The number of nitrogens with zero attached hydrogens (tertiary/aromatic N) is 4. The van der Waals surface area contributed by atoms with Gasteiger partial charge in [-0.1, -0.05) is 17.7 Å². The molecule has 0 radical (unpaired) electrons. The molecule has 3 heterocycles. The maximum atomic E-state index is 12.3. The molecular weight excluding hydrogens is 354 g/mol. The van der Waals surface area contributed by atoms with Crippen LogP contribution in [0.25, 0.3) is 5.65 Å². The summed E-state index contributed by atoms with van der Waals surface area (Å²) < 4.78 is 27.8. The molecule has 3 rings (SSSR count). The number of fused-ring (bicyclic) bond motifs is 1. The molecule has 1 amide bonds. The van der Waals surface area contributed by atoms with E-state index in [-0.39, 0.29) is 16.5 Å². The second-order valence-corrected chi connectivity index (χ2v) is 7.15. The van der Waals surface area contributed by atoms with E-state index in [2.05, 4.69) is 15.1 Å². The number of halogens is 1. The Bertz CT molecular complexity index is 1010. The highest BCUT2D eigenvalue weighted by atomic mass is 35.5. The predicted molar refractivity (Wildman–Crippen MR) is 87.1 cm³/mol. The summed E-state index contributed by atoms with van der Waals surface area (Å²) in [5.74, 6) is -1.15. The van der Waals surface area contributed by atoms with Gasteiger partial charge in [-0.15, -0.1) is 0 Å². The average Bonchev–Trinajstić information content (AvgIpc) is 2.98. The molecule has 124 valence electrons. The zero-order valence-electron chi connectivity index (χ0n) is 12.5. The first-order chi connectivity index (χ1) is 11.4. The highest BCUT2D eigenvalue weighted by Gasteiger charge is 2.20. The van der Waals surface area contributed by atoms with Gasteiger partial charge in [0.2, 0.25) is 10.0 Å². The molecule has 0 bridgehead atoms. The van der Waals surface area contributed by atoms with Crippen molar-refractivity contribution in [2.45, 2.75) is 12.7 Å². The van der Waals surface area contributed by atoms with Gasteiger partial charge >= 0.3 is 0 Å². The van der Waals surface area contributed by atoms with E-state index < -0.39 is 15.9 Å². The van der Waals surface area contributed by atoms with Gasteiger partial charge in [0.1, 0.15) is 5.15 Å². The van der Waals surface area contributed by atoms with Gasteiger partial charge in [0, 0.05) is 18.5 Å². The number of nitrogens with one attached hydrogen (secondary N) is 1. The summed E-state index contributed by atoms with van der Waals surface area (Å²) in [5.41, 5.74) is 1.60. The number of rotatable bonds is 4. The lowest BCUT2D eigenvalue weighted by atomic mass is 10.2. The van der Waals surface area contributed by atoms with Crippen molar-refractivity contribution in [2.24, 2.45) is 0 Å². The van der Waals surface area contributed by atoms with Crippen molar-refractivity contribution in [1.29, 1.82) is 0 Å². The summed E-state index contributed by atoms with van der Waals surface area (Å²) in [5, 5.41) is 4.30. The Morgan fingerprint density at radius 3 is 2.75 bits per heavy atom. The molecule has 0 aliphatic rings. The highest BCUT2D eigenvalue weighted by molar-refractivity contribution is 7.89. The van der Waals surface area contributed by atoms with Gasteiger partial charge in [-0.05, 0) is 18.6 Å². The third-order valence-corrected chi connectivity index (χ3v) is 4.73. The molecule has 0 saturated heterocycles. The fourth-order valence-corrected chi connectivity index (χ4v) is 3.34. The van der Waals surface area contributed by atoms with Crippen LogP contribution in [0.15, 0.2) is 36.8 Å². The van der Waals surface area contributed by atoms with Crippen molar-refractivity contribution >= 4 is 33.2 Å². The molecule has 10 heteroatoms. The second kappa shape index (κ2) is 6.17. The van der Waals surface area contributed by atoms with Crippen molar-refractivity contribution in [2.75, 3.05) is 0 Å². The molecular formula is C14H12ClN5O3S. The Hall–Kier alpha value is -2.52. The minimum atomic E-state index is -3.89. The number of amides is 1. The van der Waals surface area contributed by atoms with E-state index in [0.717, 1.165) is 0 Å². The van der Waals surface area contributed by atoms with Crippen molar-refractivity contribution < 1.29 is 13.2 Å². The van der Waals surface area contributed by atoms with Gasteiger partial charge < -0.3 is 0 Å². The highest BCUT2D eigenvalue weighted by Crippen LogP contribution is 2.11. The van der Waals surface area contributed by atoms with Crippen molar-refractivity contribution in [3.05, 3.63) is 58.8 Å². The Morgan fingerprint density at radius 2 is 2.04 bits per heavy atom. The van der Waals surface area contributed by atoms with Crippen molar-refractivity contribution in [3.8, 4) is 0 Å². The summed E-state index contributed by atoms with van der Waals surface area (Å²) >= 11 is 5.66. The zero-order chi connectivity index (χ0) is 17.3. The number of hydrogen-bond donors (Lipinski definition) is 1. The van der Waals surface area contributed by atoms with E-state index in [1.807, 2.05) is 4.72 Å². The lowest BCUT2D eigenvalue weighted by Gasteiger charge is -2.09. The quantitative estimate of drug-likeness (QED) is 0.699. The second-order valence-electron chi connectivity index (χ2n) is 5.04. The summed E-state index contributed by atoms with van der Waals surface area (Å²) in [7, 11) is -3.89. The van der Waals surface area contributed by atoms with Crippen LogP contribution in [0.2, 0.25) is 5.15 Å². The van der Waals surface area contributed by atoms with E-state index in [1.54, 1.807) is 19.2 Å². The van der Waals surface area contributed by atoms with Gasteiger partial charge in [0.05, 0.1) is 23.2 Å². The number of hydrogen-bond acceptors (Lipinski definition) is 6. The molecule has 0 aromatic carbocycles. The molecule has 0 saturated carbocycles. The Kier molecular flexibility index (Phi) is 4.20. The van der Waals surface area contributed by atoms with Crippen LogP contribution >= 0.6 is 11.6 Å². The topological polar surface area (TPSA) is 106 Å². The first-order valence-corrected chi connectivity index (χ1v) is 8.83. The van der Waals surface area contributed by atoms with E-state index in [9.17, 15) is 13.2 Å². The Balaban J connectivity index is 1.81. The average molecular weight is 366 g/mol. The molecule has 0 spiro atoms. The smallest absolute Gasteiger partial charge is 0.268 e. The van der Waals surface area contributed by atoms with Crippen molar-refractivity contribution in [1.82, 2.24) is 24.3 Å². The molecule has 3 aromatic heterocycles. The number of carbonyl (C=O) groups is 1. The van der Waals surface area contributed by atoms with Crippen LogP contribution in [-0.2, 0) is 15.8 Å². The van der Waals surface area contributed by atoms with Gasteiger partial charge in [0.15, 0.2) is 5.65 Å². The normalized spacial score (nSPS) is 11.6. The molecule has 0 fully saturated rings. The Labute approximate surface area is 142 Å². The fraction of sp³-hybridized carbons (Fsp3) is 0.143. The predicted octanol–water partition coefficient (Wildman–Crippen LogP) is 1.35. The zero-order valence-corrected chi connectivity index (χ0v) is 14.0. The van der Waals surface area contributed by atoms with Crippen LogP contribution in [0.4, 0.5) is 0 Å². The maximum Gasteiger partial charge on any atom is 0.268 e. The lowest BCUT2D eigenvalue weighted by molar-refractivity contribution is 0.0980. The minimum absolute atomic E-state index is 0.129. The molecule has 0 aliphatic heterocycles. The third-order valence-electron chi connectivity index (χ3n) is 3.29. The summed E-state index contributed by atoms with van der Waals surface area (Å²) in [6.07, 6.45) is 4.21. The van der Waals surface area contributed by atoms with Gasteiger partial charge in [-0.2, -0.15) is 5.10 Å². The van der Waals surface area contributed by atoms with Gasteiger partial charge in [-0.3, -0.25) is 4.79 Å². The largest absolute Gasteiger partial charge is 0.268 e. The van der Waals surface area contributed by atoms with E-state index in [1.165, 1.54) is 29.0 Å². The molecule has 3 aromatic rings. The van der Waals surface area contributed by atoms with E-state index in [0.29, 0.717) is 16.9 Å². The van der Waals surface area contributed by atoms with Crippen molar-refractivity contribution in [3.63, 3.8) is 0 Å². The minimum Gasteiger partial charge on any atom is -0.268 e. The Morgan fingerprint density at radius 1 is 1.25 bits per heavy atom. The number of carbonyl (C=O) groups excluding carboxylic acids is 1. The van der Waals surface area contributed by atoms with Crippen LogP contribution in [0.1, 0.15) is 21.6 Å². The first-order valence-electron chi connectivity index (χ1n) is 6.80. The van der Waals surface area contributed by atoms with Crippen LogP contribution in [0.5, 0.6) is 0 Å². The fourth-order valence-electron chi connectivity index (χ4n) is 2.16. The summed E-state index contributed by atoms with van der Waals surface area (Å²) in [4.78, 5) is 20.2. The van der Waals surface area contributed by atoms with Crippen LogP contribution in [-0.4, -0.2) is 33.9 Å². The molecule has 0 unspecified atom stereocenters. The number of sulfonamides is 1. The number of aryl methyl sites for hydroxylation is 1. The van der Waals surface area contributed by atoms with E-state index in [4.69, 9.17) is 11.6 Å². The molecule has 0 atom stereocenters. The number of aromatic nitrogens is 4. The third kappa shape index (κ3) is 3.36. The standard InChI is InChI=1S/C14H12ClN5O3S/c1-9-11(7-17-13-4-5-18-20(9)13)14(21)19-24(22,23)8-10-2-3-12(15)16-6-10/h2-7H,8H2,1H3,(H,19,21).